The van der Waals surface area contributed by atoms with Crippen LogP contribution in [0.25, 0.3) is 22.3 Å². The Hall–Kier alpha value is -4.61. The fourth-order valence-corrected chi connectivity index (χ4v) is 5.69. The Morgan fingerprint density at radius 3 is 1.56 bits per heavy atom. The van der Waals surface area contributed by atoms with Crippen LogP contribution in [0.15, 0.2) is 97.1 Å². The largest absolute Gasteiger partial charge is 0.466 e. The quantitative estimate of drug-likeness (QED) is 0.0764. The summed E-state index contributed by atoms with van der Waals surface area (Å²) in [7, 11) is 0. The molecule has 4 rings (SSSR count). The van der Waals surface area contributed by atoms with Crippen LogP contribution in [-0.2, 0) is 41.4 Å². The number of hydrogen-bond donors (Lipinski definition) is 3. The van der Waals surface area contributed by atoms with Gasteiger partial charge in [0.05, 0.1) is 32.7 Å². The van der Waals surface area contributed by atoms with Gasteiger partial charge in [-0.15, -0.1) is 12.4 Å². The summed E-state index contributed by atoms with van der Waals surface area (Å²) in [6, 6.07) is 30.6. The second-order valence-corrected chi connectivity index (χ2v) is 12.8. The molecule has 0 radical (unpaired) electrons. The first-order valence-corrected chi connectivity index (χ1v) is 18.2. The lowest BCUT2D eigenvalue weighted by Crippen LogP contribution is -2.44. The maximum atomic E-state index is 12.2. The molecular weight excluding hydrogens is 753 g/mol. The van der Waals surface area contributed by atoms with Crippen LogP contribution in [-0.4, -0.2) is 62.4 Å². The number of carbonyl (C=O) groups is 4. The first kappa shape index (κ1) is 45.5. The molecular formula is C41H48Cl3N3O7. The van der Waals surface area contributed by atoms with Crippen molar-refractivity contribution in [2.75, 3.05) is 26.4 Å². The van der Waals surface area contributed by atoms with Crippen molar-refractivity contribution in [3.63, 3.8) is 0 Å². The molecule has 4 aromatic rings. The second-order valence-electron chi connectivity index (χ2n) is 11.9. The second kappa shape index (κ2) is 24.7. The summed E-state index contributed by atoms with van der Waals surface area (Å²) in [6.45, 7) is 5.81. The summed E-state index contributed by atoms with van der Waals surface area (Å²) in [6.07, 6.45) is 0.670. The lowest BCUT2D eigenvalue weighted by atomic mass is 9.99. The van der Waals surface area contributed by atoms with Gasteiger partial charge >= 0.3 is 18.0 Å². The number of alkyl carbamates (subject to hydrolysis) is 1. The molecule has 0 aliphatic rings. The molecule has 0 fully saturated rings. The van der Waals surface area contributed by atoms with Crippen LogP contribution in [0.1, 0.15) is 44.7 Å². The molecule has 0 aromatic heterocycles. The van der Waals surface area contributed by atoms with E-state index in [1.165, 1.54) is 0 Å². The van der Waals surface area contributed by atoms with E-state index in [0.717, 1.165) is 38.4 Å². The van der Waals surface area contributed by atoms with E-state index in [2.05, 4.69) is 10.6 Å². The van der Waals surface area contributed by atoms with E-state index in [9.17, 15) is 19.2 Å². The highest BCUT2D eigenvalue weighted by atomic mass is 35.5. The first-order valence-electron chi connectivity index (χ1n) is 17.5. The van der Waals surface area contributed by atoms with Gasteiger partial charge in [-0.3, -0.25) is 14.4 Å². The van der Waals surface area contributed by atoms with Crippen molar-refractivity contribution >= 4 is 59.5 Å². The van der Waals surface area contributed by atoms with Crippen molar-refractivity contribution in [2.45, 2.75) is 58.5 Å². The minimum Gasteiger partial charge on any atom is -0.466 e. The average Bonchev–Trinajstić information content (AvgIpc) is 3.12. The predicted molar refractivity (Wildman–Crippen MR) is 216 cm³/mol. The third kappa shape index (κ3) is 17.0. The smallest absolute Gasteiger partial charge is 0.407 e. The van der Waals surface area contributed by atoms with Crippen molar-refractivity contribution < 1.29 is 33.4 Å². The highest BCUT2D eigenvalue weighted by Gasteiger charge is 2.19. The molecule has 0 aliphatic heterocycles. The van der Waals surface area contributed by atoms with Crippen LogP contribution >= 0.6 is 35.6 Å². The molecule has 4 aromatic carbocycles. The maximum absolute atomic E-state index is 12.2. The van der Waals surface area contributed by atoms with Crippen molar-refractivity contribution in [1.29, 1.82) is 0 Å². The topological polar surface area (TPSA) is 146 Å². The van der Waals surface area contributed by atoms with Gasteiger partial charge in [-0.2, -0.15) is 0 Å². The molecule has 290 valence electrons. The Kier molecular flexibility index (Phi) is 20.8. The minimum absolute atomic E-state index is 0. The van der Waals surface area contributed by atoms with Gasteiger partial charge in [0, 0.05) is 22.1 Å². The number of amides is 2. The van der Waals surface area contributed by atoms with Gasteiger partial charge in [-0.25, -0.2) is 4.79 Å². The normalized spacial score (nSPS) is 11.4. The van der Waals surface area contributed by atoms with Gasteiger partial charge in [-0.1, -0.05) is 96.0 Å². The monoisotopic (exact) mass is 799 g/mol. The summed E-state index contributed by atoms with van der Waals surface area (Å²) in [5.74, 6) is -1.06. The van der Waals surface area contributed by atoms with Gasteiger partial charge in [0.2, 0.25) is 5.91 Å². The van der Waals surface area contributed by atoms with E-state index in [1.54, 1.807) is 20.8 Å². The standard InChI is InChI=1S/C23H27ClN2O5.C18H20ClNO2.ClH/c1-3-30-22(28)14-20(26-21(27)15-25-23(29)31-4-2)12-16-8-10-17(11-9-16)18-6-5-7-19(24)13-18;1-2-22-18(21)12-17(20)10-13-6-8-14(9-7-13)15-4-3-5-16(19)11-15;/h5-11,13,20H,3-4,12,14-15H2,1-2H3,(H,25,29)(H,26,27);3-9,11,17H,2,10,12,20H2,1H3;1H/t20-;17-;/m11./s1. The molecule has 0 unspecified atom stereocenters. The number of hydrogen-bond acceptors (Lipinski definition) is 8. The fraction of sp³-hybridized carbons (Fsp3) is 0.317. The Morgan fingerprint density at radius 1 is 0.630 bits per heavy atom. The van der Waals surface area contributed by atoms with Crippen LogP contribution in [0.4, 0.5) is 4.79 Å². The van der Waals surface area contributed by atoms with E-state index in [1.807, 2.05) is 97.1 Å². The number of rotatable bonds is 16. The molecule has 0 bridgehead atoms. The summed E-state index contributed by atoms with van der Waals surface area (Å²) in [4.78, 5) is 46.9. The Labute approximate surface area is 333 Å². The Morgan fingerprint density at radius 2 is 1.09 bits per heavy atom. The van der Waals surface area contributed by atoms with Crippen molar-refractivity contribution in [2.24, 2.45) is 5.73 Å². The van der Waals surface area contributed by atoms with Crippen molar-refractivity contribution in [1.82, 2.24) is 10.6 Å². The third-order valence-corrected chi connectivity index (χ3v) is 8.16. The summed E-state index contributed by atoms with van der Waals surface area (Å²) < 4.78 is 14.7. The van der Waals surface area contributed by atoms with Gasteiger partial charge < -0.3 is 30.6 Å². The SMILES string of the molecule is CCOC(=O)C[C@@H](Cc1ccc(-c2cccc(Cl)c2)cc1)NC(=O)CNC(=O)OCC.CCOC(=O)C[C@H](N)Cc1ccc(-c2cccc(Cl)c2)cc1.Cl. The maximum Gasteiger partial charge on any atom is 0.407 e. The van der Waals surface area contributed by atoms with Crippen LogP contribution in [0, 0.1) is 0 Å². The highest BCUT2D eigenvalue weighted by molar-refractivity contribution is 6.31. The van der Waals surface area contributed by atoms with Crippen LogP contribution in [0.2, 0.25) is 10.0 Å². The molecule has 10 nitrogen and oxygen atoms in total. The molecule has 54 heavy (non-hydrogen) atoms. The first-order chi connectivity index (χ1) is 25.5. The van der Waals surface area contributed by atoms with Crippen LogP contribution in [0.3, 0.4) is 0 Å². The number of nitrogens with two attached hydrogens (primary N) is 1. The predicted octanol–water partition coefficient (Wildman–Crippen LogP) is 7.99. The van der Waals surface area contributed by atoms with E-state index in [0.29, 0.717) is 24.5 Å². The molecule has 0 saturated heterocycles. The zero-order valence-electron chi connectivity index (χ0n) is 30.6. The zero-order valence-corrected chi connectivity index (χ0v) is 33.0. The van der Waals surface area contributed by atoms with Gasteiger partial charge in [0.25, 0.3) is 0 Å². The molecule has 2 amide bonds. The average molecular weight is 801 g/mol. The highest BCUT2D eigenvalue weighted by Crippen LogP contribution is 2.25. The molecule has 2 atom stereocenters. The molecule has 0 spiro atoms. The number of benzene rings is 4. The van der Waals surface area contributed by atoms with Crippen molar-refractivity contribution in [3.05, 3.63) is 118 Å². The fourth-order valence-electron chi connectivity index (χ4n) is 5.30. The summed E-state index contributed by atoms with van der Waals surface area (Å²) in [5, 5.41) is 6.52. The number of ether oxygens (including phenoxy) is 3. The van der Waals surface area contributed by atoms with Gasteiger partial charge in [0.15, 0.2) is 0 Å². The lowest BCUT2D eigenvalue weighted by molar-refractivity contribution is -0.144. The molecule has 13 heteroatoms. The Bertz CT molecular complexity index is 1770. The summed E-state index contributed by atoms with van der Waals surface area (Å²) >= 11 is 12.1. The number of halogens is 3. The zero-order chi connectivity index (χ0) is 38.6. The minimum atomic E-state index is -0.670. The van der Waals surface area contributed by atoms with Crippen LogP contribution < -0.4 is 16.4 Å². The molecule has 0 aliphatic carbocycles. The third-order valence-electron chi connectivity index (χ3n) is 7.69. The number of carbonyl (C=O) groups excluding carboxylic acids is 4. The Balaban J connectivity index is 0.000000387. The van der Waals surface area contributed by atoms with E-state index in [4.69, 9.17) is 43.1 Å². The number of esters is 2. The number of nitrogens with one attached hydrogen (secondary N) is 2. The summed E-state index contributed by atoms with van der Waals surface area (Å²) in [5.41, 5.74) is 12.2. The molecule has 4 N–H and O–H groups in total. The lowest BCUT2D eigenvalue weighted by Gasteiger charge is -2.18. The molecule has 0 saturated carbocycles. The van der Waals surface area contributed by atoms with Gasteiger partial charge in [0.1, 0.15) is 6.54 Å². The van der Waals surface area contributed by atoms with Gasteiger partial charge in [-0.05, 0) is 91.3 Å². The van der Waals surface area contributed by atoms with Crippen molar-refractivity contribution in [3.8, 4) is 22.3 Å². The van der Waals surface area contributed by atoms with E-state index in [-0.39, 0.29) is 57.0 Å². The van der Waals surface area contributed by atoms with E-state index >= 15 is 0 Å². The molecule has 0 heterocycles. The van der Waals surface area contributed by atoms with Crippen LogP contribution in [0.5, 0.6) is 0 Å². The van der Waals surface area contributed by atoms with E-state index < -0.39 is 24.0 Å².